The topological polar surface area (TPSA) is 88.5 Å². The summed E-state index contributed by atoms with van der Waals surface area (Å²) in [5, 5.41) is 10.1. The maximum absolute atomic E-state index is 12.1. The number of carbonyl (C=O) groups excluding carboxylic acids is 4. The van der Waals surface area contributed by atoms with Crippen LogP contribution in [0.2, 0.25) is 0 Å². The molecule has 0 bridgehead atoms. The number of rotatable bonds is 2. The monoisotopic (exact) mass is 482 g/mol. The highest BCUT2D eigenvalue weighted by molar-refractivity contribution is 6.53. The average molecular weight is 483 g/mol. The van der Waals surface area contributed by atoms with Crippen molar-refractivity contribution >= 4 is 34.5 Å². The minimum absolute atomic E-state index is 0.0762. The first-order valence-corrected chi connectivity index (χ1v) is 12.2. The Morgan fingerprint density at radius 3 is 1.92 bits per heavy atom. The number of carbonyl (C=O) groups is 4. The largest absolute Gasteiger partial charge is 0.507 e. The smallest absolute Gasteiger partial charge is 0.234 e. The van der Waals surface area contributed by atoms with Gasteiger partial charge in [-0.1, -0.05) is 74.0 Å². The second-order valence-corrected chi connectivity index (χ2v) is 10.5. The second-order valence-electron chi connectivity index (χ2n) is 10.5. The summed E-state index contributed by atoms with van der Waals surface area (Å²) >= 11 is 0. The van der Waals surface area contributed by atoms with E-state index >= 15 is 0 Å². The van der Waals surface area contributed by atoms with Gasteiger partial charge in [0.1, 0.15) is 5.76 Å². The molecule has 0 atom stereocenters. The summed E-state index contributed by atoms with van der Waals surface area (Å²) in [6.45, 7) is 8.25. The molecule has 0 radical (unpaired) electrons. The van der Waals surface area contributed by atoms with Crippen molar-refractivity contribution in [1.82, 2.24) is 0 Å². The zero-order chi connectivity index (χ0) is 26.2. The normalized spacial score (nSPS) is 18.1. The zero-order valence-electron chi connectivity index (χ0n) is 21.1. The van der Waals surface area contributed by atoms with Crippen LogP contribution < -0.4 is 0 Å². The van der Waals surface area contributed by atoms with Crippen molar-refractivity contribution < 1.29 is 24.3 Å². The molecule has 0 saturated heterocycles. The van der Waals surface area contributed by atoms with Crippen LogP contribution in [0, 0.1) is 5.41 Å². The van der Waals surface area contributed by atoms with Crippen molar-refractivity contribution in [3.8, 4) is 0 Å². The van der Waals surface area contributed by atoms with Gasteiger partial charge in [-0.25, -0.2) is 0 Å². The van der Waals surface area contributed by atoms with Crippen LogP contribution in [0.4, 0.5) is 0 Å². The molecular weight excluding hydrogens is 452 g/mol. The summed E-state index contributed by atoms with van der Waals surface area (Å²) < 4.78 is 0. The van der Waals surface area contributed by atoms with Gasteiger partial charge in [-0.2, -0.15) is 0 Å². The summed E-state index contributed by atoms with van der Waals surface area (Å²) in [7, 11) is 0. The van der Waals surface area contributed by atoms with Gasteiger partial charge in [-0.05, 0) is 56.1 Å². The van der Waals surface area contributed by atoms with Gasteiger partial charge in [-0.15, -0.1) is 0 Å². The Balaban J connectivity index is 0.000000169. The summed E-state index contributed by atoms with van der Waals surface area (Å²) in [6, 6.07) is 14.1. The third-order valence-corrected chi connectivity index (χ3v) is 6.96. The predicted octanol–water partition coefficient (Wildman–Crippen LogP) is 6.49. The molecule has 3 aliphatic rings. The van der Waals surface area contributed by atoms with E-state index < -0.39 is 11.6 Å². The Morgan fingerprint density at radius 2 is 1.31 bits per heavy atom. The Hall–Kier alpha value is -3.86. The van der Waals surface area contributed by atoms with E-state index in [9.17, 15) is 24.3 Å². The number of allylic oxidation sites excluding steroid dienone is 5. The molecule has 2 aromatic carbocycles. The average Bonchev–Trinajstić information content (AvgIpc) is 2.85. The molecule has 5 nitrogen and oxygen atoms in total. The molecule has 0 spiro atoms. The van der Waals surface area contributed by atoms with E-state index in [0.29, 0.717) is 11.1 Å². The van der Waals surface area contributed by atoms with Crippen molar-refractivity contribution in [3.05, 3.63) is 93.6 Å². The lowest BCUT2D eigenvalue weighted by Crippen LogP contribution is -2.29. The van der Waals surface area contributed by atoms with Crippen molar-refractivity contribution in [2.75, 3.05) is 0 Å². The molecule has 0 unspecified atom stereocenters. The molecule has 0 saturated carbocycles. The fraction of sp³-hybridized carbons (Fsp3) is 0.290. The summed E-state index contributed by atoms with van der Waals surface area (Å²) in [6.07, 6.45) is 4.71. The van der Waals surface area contributed by atoms with E-state index in [1.54, 1.807) is 30.3 Å². The van der Waals surface area contributed by atoms with Crippen LogP contribution >= 0.6 is 0 Å². The maximum atomic E-state index is 12.1. The molecule has 5 heteroatoms. The Labute approximate surface area is 211 Å². The summed E-state index contributed by atoms with van der Waals surface area (Å²) in [4.78, 5) is 48.0. The number of hydrogen-bond acceptors (Lipinski definition) is 5. The fourth-order valence-corrected chi connectivity index (χ4v) is 4.91. The Bertz CT molecular complexity index is 1380. The molecule has 36 heavy (non-hydrogen) atoms. The van der Waals surface area contributed by atoms with Crippen molar-refractivity contribution in [1.29, 1.82) is 0 Å². The SMILES string of the molecule is CC(C)=CCC1=C(O)c2ccccc2C(=O)C1=O.CC1(C)CCC2=C(C1)c1ccccc1C(=O)C2=O. The van der Waals surface area contributed by atoms with E-state index in [2.05, 4.69) is 13.8 Å². The third kappa shape index (κ3) is 4.66. The quantitative estimate of drug-likeness (QED) is 0.390. The number of fused-ring (bicyclic) bond motifs is 3. The van der Waals surface area contributed by atoms with Crippen molar-refractivity contribution in [3.63, 3.8) is 0 Å². The molecule has 0 heterocycles. The number of ketones is 4. The van der Waals surface area contributed by atoms with E-state index in [1.165, 1.54) is 0 Å². The highest BCUT2D eigenvalue weighted by Gasteiger charge is 2.38. The zero-order valence-corrected chi connectivity index (χ0v) is 21.1. The molecule has 0 aromatic heterocycles. The molecule has 0 aliphatic heterocycles. The van der Waals surface area contributed by atoms with Crippen LogP contribution in [-0.2, 0) is 9.59 Å². The first kappa shape index (κ1) is 25.2. The first-order valence-electron chi connectivity index (χ1n) is 12.2. The number of aliphatic hydroxyl groups is 1. The van der Waals surface area contributed by atoms with Crippen LogP contribution in [0.1, 0.15) is 85.2 Å². The molecular formula is C31H30O5. The van der Waals surface area contributed by atoms with Crippen molar-refractivity contribution in [2.24, 2.45) is 5.41 Å². The lowest BCUT2D eigenvalue weighted by atomic mass is 9.68. The highest BCUT2D eigenvalue weighted by Crippen LogP contribution is 2.46. The van der Waals surface area contributed by atoms with Gasteiger partial charge in [-0.3, -0.25) is 19.2 Å². The van der Waals surface area contributed by atoms with Gasteiger partial charge in [0.2, 0.25) is 23.1 Å². The second kappa shape index (κ2) is 9.65. The van der Waals surface area contributed by atoms with Gasteiger partial charge >= 0.3 is 0 Å². The van der Waals surface area contributed by atoms with Gasteiger partial charge in [0.05, 0.1) is 0 Å². The lowest BCUT2D eigenvalue weighted by Gasteiger charge is -2.35. The maximum Gasteiger partial charge on any atom is 0.234 e. The standard InChI is InChI=1S/C16H16O2.C15H14O3/c1-16(2)8-7-12-13(9-16)10-5-3-4-6-11(10)14(17)15(12)18;1-9(2)7-8-12-13(16)10-5-3-4-6-11(10)14(17)15(12)18/h3-6H,7-9H2,1-2H3;3-7,16H,8H2,1-2H3. The molecule has 0 fully saturated rings. The van der Waals surface area contributed by atoms with E-state index in [-0.39, 0.29) is 40.3 Å². The minimum Gasteiger partial charge on any atom is -0.507 e. The number of benzene rings is 2. The molecule has 0 amide bonds. The van der Waals surface area contributed by atoms with Crippen LogP contribution in [0.3, 0.4) is 0 Å². The number of Topliss-reactive ketones (excluding diaryl/α,β-unsaturated/α-hetero) is 4. The molecule has 2 aromatic rings. The molecule has 5 rings (SSSR count). The molecule has 1 N–H and O–H groups in total. The number of aliphatic hydroxyl groups excluding tert-OH is 1. The Morgan fingerprint density at radius 1 is 0.778 bits per heavy atom. The highest BCUT2D eigenvalue weighted by atomic mass is 16.3. The minimum atomic E-state index is -0.608. The van der Waals surface area contributed by atoms with Gasteiger partial charge in [0, 0.05) is 27.8 Å². The Kier molecular flexibility index (Phi) is 6.77. The van der Waals surface area contributed by atoms with Crippen molar-refractivity contribution in [2.45, 2.75) is 53.4 Å². The van der Waals surface area contributed by atoms with E-state index in [0.717, 1.165) is 41.5 Å². The van der Waals surface area contributed by atoms with Crippen LogP contribution in [-0.4, -0.2) is 28.2 Å². The van der Waals surface area contributed by atoms with Gasteiger partial charge in [0.25, 0.3) is 0 Å². The molecule has 3 aliphatic carbocycles. The van der Waals surface area contributed by atoms with E-state index in [4.69, 9.17) is 0 Å². The van der Waals surface area contributed by atoms with Crippen LogP contribution in [0.5, 0.6) is 0 Å². The third-order valence-electron chi connectivity index (χ3n) is 6.96. The van der Waals surface area contributed by atoms with Gasteiger partial charge < -0.3 is 5.11 Å². The number of hydrogen-bond donors (Lipinski definition) is 1. The lowest BCUT2D eigenvalue weighted by molar-refractivity contribution is -0.112. The van der Waals surface area contributed by atoms with Gasteiger partial charge in [0.15, 0.2) is 0 Å². The van der Waals surface area contributed by atoms with Crippen LogP contribution in [0.15, 0.2) is 71.3 Å². The fourth-order valence-electron chi connectivity index (χ4n) is 4.91. The van der Waals surface area contributed by atoms with Crippen LogP contribution in [0.25, 0.3) is 11.3 Å². The summed E-state index contributed by atoms with van der Waals surface area (Å²) in [5.41, 5.74) is 5.58. The molecule has 184 valence electrons. The summed E-state index contributed by atoms with van der Waals surface area (Å²) in [5.74, 6) is -1.83. The first-order chi connectivity index (χ1) is 17.0. The van der Waals surface area contributed by atoms with E-state index in [1.807, 2.05) is 38.1 Å². The predicted molar refractivity (Wildman–Crippen MR) is 140 cm³/mol.